The highest BCUT2D eigenvalue weighted by Gasteiger charge is 2.32. The van der Waals surface area contributed by atoms with Gasteiger partial charge >= 0.3 is 5.97 Å². The predicted molar refractivity (Wildman–Crippen MR) is 108 cm³/mol. The minimum absolute atomic E-state index is 0.0714. The third kappa shape index (κ3) is 11.3. The number of carboxylic acids is 1. The Labute approximate surface area is 178 Å². The number of guanidine groups is 1. The van der Waals surface area contributed by atoms with Gasteiger partial charge in [-0.3, -0.25) is 24.2 Å². The minimum atomic E-state index is -1.66. The van der Waals surface area contributed by atoms with Gasteiger partial charge in [0.2, 0.25) is 23.6 Å². The lowest BCUT2D eigenvalue weighted by Gasteiger charge is -2.25. The Hall–Kier alpha value is -3.46. The summed E-state index contributed by atoms with van der Waals surface area (Å²) in [5.41, 5.74) is 20.6. The van der Waals surface area contributed by atoms with E-state index < -0.39 is 66.8 Å². The Morgan fingerprint density at radius 3 is 2.03 bits per heavy atom. The van der Waals surface area contributed by atoms with Crippen LogP contribution in [0.4, 0.5) is 0 Å². The topological polar surface area (TPSA) is 278 Å². The van der Waals surface area contributed by atoms with Gasteiger partial charge in [-0.25, -0.2) is 4.79 Å². The zero-order valence-corrected chi connectivity index (χ0v) is 17.0. The van der Waals surface area contributed by atoms with Crippen LogP contribution < -0.4 is 38.9 Å². The zero-order valence-electron chi connectivity index (χ0n) is 17.0. The van der Waals surface area contributed by atoms with Crippen molar-refractivity contribution in [2.45, 2.75) is 50.4 Å². The van der Waals surface area contributed by atoms with Crippen LogP contribution in [0.15, 0.2) is 4.99 Å². The van der Waals surface area contributed by atoms with Crippen LogP contribution in [0.3, 0.4) is 0 Å². The lowest BCUT2D eigenvalue weighted by Crippen LogP contribution is -2.59. The van der Waals surface area contributed by atoms with Gasteiger partial charge in [-0.05, 0) is 19.8 Å². The summed E-state index contributed by atoms with van der Waals surface area (Å²) >= 11 is 0. The van der Waals surface area contributed by atoms with Crippen molar-refractivity contribution in [3.8, 4) is 0 Å². The number of hydrogen-bond donors (Lipinski definition) is 9. The second kappa shape index (κ2) is 13.7. The summed E-state index contributed by atoms with van der Waals surface area (Å²) in [4.78, 5) is 62.5. The van der Waals surface area contributed by atoms with E-state index in [1.165, 1.54) is 6.92 Å². The molecule has 0 aromatic carbocycles. The van der Waals surface area contributed by atoms with E-state index in [0.717, 1.165) is 0 Å². The van der Waals surface area contributed by atoms with Gasteiger partial charge in [0.1, 0.15) is 18.1 Å². The van der Waals surface area contributed by atoms with Crippen LogP contribution in [0.5, 0.6) is 0 Å². The number of nitrogens with two attached hydrogens (primary N) is 4. The highest BCUT2D eigenvalue weighted by Crippen LogP contribution is 2.03. The number of aliphatic imine (C=N–C) groups is 1. The number of aliphatic hydroxyl groups is 1. The summed E-state index contributed by atoms with van der Waals surface area (Å²) in [7, 11) is 0. The fraction of sp³-hybridized carbons (Fsp3) is 0.625. The molecule has 0 saturated heterocycles. The Kier molecular flexibility index (Phi) is 12.2. The number of carbonyl (C=O) groups excluding carboxylic acids is 4. The first-order valence-electron chi connectivity index (χ1n) is 9.23. The van der Waals surface area contributed by atoms with Crippen molar-refractivity contribution >= 4 is 35.6 Å². The molecule has 0 heterocycles. The SMILES string of the molecule is CC(O)C(NC(=O)C(CCCN=C(N)N)NC(=O)CN)C(=O)NC(CC(N)=O)C(=O)O. The molecule has 15 heteroatoms. The molecule has 176 valence electrons. The molecule has 13 N–H and O–H groups in total. The van der Waals surface area contributed by atoms with Gasteiger partial charge in [-0.15, -0.1) is 0 Å². The summed E-state index contributed by atoms with van der Waals surface area (Å²) in [6.45, 7) is 0.949. The van der Waals surface area contributed by atoms with E-state index in [4.69, 9.17) is 28.0 Å². The molecule has 0 aromatic rings. The van der Waals surface area contributed by atoms with Gasteiger partial charge in [0.05, 0.1) is 19.1 Å². The van der Waals surface area contributed by atoms with E-state index in [1.54, 1.807) is 0 Å². The molecule has 31 heavy (non-hydrogen) atoms. The predicted octanol–water partition coefficient (Wildman–Crippen LogP) is -5.21. The standard InChI is InChI=1S/C16H30N8O7/c1-7(25)12(14(29)23-9(15(30)31)5-10(18)26)24-13(28)8(22-11(27)6-17)3-2-4-21-16(19)20/h7-9,12,25H,2-6,17H2,1H3,(H2,18,26)(H,22,27)(H,23,29)(H,24,28)(H,30,31)(H4,19,20,21). The summed E-state index contributed by atoms with van der Waals surface area (Å²) in [5.74, 6) is -5.21. The summed E-state index contributed by atoms with van der Waals surface area (Å²) < 4.78 is 0. The molecule has 0 fully saturated rings. The van der Waals surface area contributed by atoms with E-state index in [1.807, 2.05) is 5.32 Å². The van der Waals surface area contributed by atoms with Gasteiger partial charge in [0.25, 0.3) is 0 Å². The normalized spacial score (nSPS) is 14.3. The van der Waals surface area contributed by atoms with Gasteiger partial charge in [-0.2, -0.15) is 0 Å². The lowest BCUT2D eigenvalue weighted by molar-refractivity contribution is -0.144. The van der Waals surface area contributed by atoms with Crippen molar-refractivity contribution in [1.82, 2.24) is 16.0 Å². The van der Waals surface area contributed by atoms with Gasteiger partial charge in [-0.1, -0.05) is 0 Å². The second-order valence-electron chi connectivity index (χ2n) is 6.57. The molecule has 0 aromatic heterocycles. The quantitative estimate of drug-likeness (QED) is 0.0694. The van der Waals surface area contributed by atoms with Crippen LogP contribution >= 0.6 is 0 Å². The minimum Gasteiger partial charge on any atom is -0.480 e. The molecule has 0 aliphatic rings. The number of amides is 4. The number of nitrogens with zero attached hydrogens (tertiary/aromatic N) is 1. The van der Waals surface area contributed by atoms with Crippen LogP contribution in [0.25, 0.3) is 0 Å². The molecule has 15 nitrogen and oxygen atoms in total. The van der Waals surface area contributed by atoms with Crippen molar-refractivity contribution in [1.29, 1.82) is 0 Å². The van der Waals surface area contributed by atoms with Crippen molar-refractivity contribution in [2.24, 2.45) is 27.9 Å². The van der Waals surface area contributed by atoms with Crippen LogP contribution in [0, 0.1) is 0 Å². The van der Waals surface area contributed by atoms with Crippen LogP contribution in [0.1, 0.15) is 26.2 Å². The van der Waals surface area contributed by atoms with E-state index in [0.29, 0.717) is 0 Å². The van der Waals surface area contributed by atoms with Gasteiger partial charge in [0.15, 0.2) is 5.96 Å². The molecule has 4 atom stereocenters. The molecule has 0 rings (SSSR count). The van der Waals surface area contributed by atoms with Crippen LogP contribution in [-0.2, 0) is 24.0 Å². The van der Waals surface area contributed by atoms with Gasteiger partial charge in [0, 0.05) is 6.54 Å². The van der Waals surface area contributed by atoms with Crippen LogP contribution in [-0.4, -0.2) is 83.1 Å². The highest BCUT2D eigenvalue weighted by atomic mass is 16.4. The Morgan fingerprint density at radius 1 is 0.968 bits per heavy atom. The second-order valence-corrected chi connectivity index (χ2v) is 6.57. The molecule has 0 aliphatic carbocycles. The number of aliphatic carboxylic acids is 1. The van der Waals surface area contributed by atoms with Crippen molar-refractivity contribution < 1.29 is 34.2 Å². The first kappa shape index (κ1) is 27.5. The van der Waals surface area contributed by atoms with Crippen LogP contribution in [0.2, 0.25) is 0 Å². The van der Waals surface area contributed by atoms with Gasteiger partial charge < -0.3 is 49.1 Å². The maximum Gasteiger partial charge on any atom is 0.326 e. The third-order valence-corrected chi connectivity index (χ3v) is 3.86. The number of rotatable bonds is 14. The van der Waals surface area contributed by atoms with E-state index in [-0.39, 0.29) is 25.3 Å². The first-order chi connectivity index (χ1) is 14.4. The van der Waals surface area contributed by atoms with E-state index in [9.17, 15) is 29.1 Å². The monoisotopic (exact) mass is 446 g/mol. The molecule has 0 saturated carbocycles. The fourth-order valence-electron chi connectivity index (χ4n) is 2.35. The molecule has 0 aliphatic heterocycles. The fourth-order valence-corrected chi connectivity index (χ4v) is 2.35. The average Bonchev–Trinajstić information content (AvgIpc) is 2.66. The summed E-state index contributed by atoms with van der Waals surface area (Å²) in [5, 5.41) is 25.6. The molecule has 0 radical (unpaired) electrons. The maximum atomic E-state index is 12.6. The Morgan fingerprint density at radius 2 is 1.58 bits per heavy atom. The largest absolute Gasteiger partial charge is 0.480 e. The Bertz CT molecular complexity index is 693. The molecular formula is C16H30N8O7. The summed E-state index contributed by atoms with van der Waals surface area (Å²) in [6, 6.07) is -4.38. The molecule has 0 bridgehead atoms. The zero-order chi connectivity index (χ0) is 24.1. The number of carbonyl (C=O) groups is 5. The average molecular weight is 446 g/mol. The number of carboxylic acid groups (broad SMARTS) is 1. The molecular weight excluding hydrogens is 416 g/mol. The van der Waals surface area contributed by atoms with Crippen molar-refractivity contribution in [3.05, 3.63) is 0 Å². The number of aliphatic hydroxyl groups excluding tert-OH is 1. The number of nitrogens with one attached hydrogen (secondary N) is 3. The Balaban J connectivity index is 5.31. The molecule has 0 spiro atoms. The highest BCUT2D eigenvalue weighted by molar-refractivity contribution is 5.94. The molecule has 4 unspecified atom stereocenters. The lowest BCUT2D eigenvalue weighted by atomic mass is 10.1. The number of primary amides is 1. The van der Waals surface area contributed by atoms with Crippen molar-refractivity contribution in [2.75, 3.05) is 13.1 Å². The van der Waals surface area contributed by atoms with E-state index in [2.05, 4.69) is 15.6 Å². The van der Waals surface area contributed by atoms with Crippen molar-refractivity contribution in [3.63, 3.8) is 0 Å². The third-order valence-electron chi connectivity index (χ3n) is 3.86. The maximum absolute atomic E-state index is 12.6. The first-order valence-corrected chi connectivity index (χ1v) is 9.23. The summed E-state index contributed by atoms with van der Waals surface area (Å²) in [6.07, 6.45) is -1.78. The smallest absolute Gasteiger partial charge is 0.326 e. The van der Waals surface area contributed by atoms with E-state index >= 15 is 0 Å². The molecule has 4 amide bonds. The number of hydrogen-bond acceptors (Lipinski definition) is 8.